The summed E-state index contributed by atoms with van der Waals surface area (Å²) >= 11 is 0. The molecule has 2 atom stereocenters. The van der Waals surface area contributed by atoms with E-state index in [9.17, 15) is 14.7 Å². The number of imidazole rings is 1. The molecule has 1 fully saturated rings. The van der Waals surface area contributed by atoms with Gasteiger partial charge in [-0.15, -0.1) is 0 Å². The molecule has 18 heavy (non-hydrogen) atoms. The molecule has 1 aromatic rings. The van der Waals surface area contributed by atoms with E-state index in [-0.39, 0.29) is 18.4 Å². The lowest BCUT2D eigenvalue weighted by molar-refractivity contribution is -0.148. The van der Waals surface area contributed by atoms with Crippen molar-refractivity contribution in [2.75, 3.05) is 13.1 Å². The van der Waals surface area contributed by atoms with Crippen molar-refractivity contribution in [3.8, 4) is 0 Å². The first-order chi connectivity index (χ1) is 8.34. The smallest absolute Gasteiger partial charge is 0.311 e. The second-order valence-corrected chi connectivity index (χ2v) is 5.23. The minimum Gasteiger partial charge on any atom is -0.481 e. The third kappa shape index (κ3) is 1.87. The van der Waals surface area contributed by atoms with Crippen LogP contribution in [-0.4, -0.2) is 44.5 Å². The molecule has 6 nitrogen and oxygen atoms in total. The van der Waals surface area contributed by atoms with E-state index in [2.05, 4.69) is 4.98 Å². The molecule has 1 aliphatic heterocycles. The van der Waals surface area contributed by atoms with Crippen LogP contribution >= 0.6 is 0 Å². The van der Waals surface area contributed by atoms with E-state index in [1.807, 2.05) is 6.92 Å². The van der Waals surface area contributed by atoms with Gasteiger partial charge in [-0.25, -0.2) is 4.98 Å². The summed E-state index contributed by atoms with van der Waals surface area (Å²) in [6, 6.07) is 0. The van der Waals surface area contributed by atoms with E-state index in [0.29, 0.717) is 12.2 Å². The summed E-state index contributed by atoms with van der Waals surface area (Å²) in [7, 11) is 1.79. The molecular weight excluding hydrogens is 234 g/mol. The average Bonchev–Trinajstić information content (AvgIpc) is 2.84. The Morgan fingerprint density at radius 2 is 2.22 bits per heavy atom. The number of hydrogen-bond acceptors (Lipinski definition) is 3. The van der Waals surface area contributed by atoms with Gasteiger partial charge in [0, 0.05) is 26.3 Å². The fourth-order valence-electron chi connectivity index (χ4n) is 2.27. The van der Waals surface area contributed by atoms with E-state index in [1.54, 1.807) is 36.0 Å². The van der Waals surface area contributed by atoms with Gasteiger partial charge >= 0.3 is 5.97 Å². The van der Waals surface area contributed by atoms with E-state index in [1.165, 1.54) is 0 Å². The lowest BCUT2D eigenvalue weighted by Gasteiger charge is -2.22. The molecule has 2 heterocycles. The molecule has 1 aliphatic rings. The second-order valence-electron chi connectivity index (χ2n) is 5.23. The monoisotopic (exact) mass is 251 g/mol. The summed E-state index contributed by atoms with van der Waals surface area (Å²) in [5, 5.41) is 9.26. The van der Waals surface area contributed by atoms with Crippen LogP contribution in [-0.2, 0) is 11.8 Å². The molecule has 0 aromatic carbocycles. The van der Waals surface area contributed by atoms with E-state index >= 15 is 0 Å². The molecule has 1 aromatic heterocycles. The van der Waals surface area contributed by atoms with Crippen LogP contribution in [0, 0.1) is 11.3 Å². The summed E-state index contributed by atoms with van der Waals surface area (Å²) in [5.74, 6) is -1.12. The quantitative estimate of drug-likeness (QED) is 0.835. The first-order valence-corrected chi connectivity index (χ1v) is 5.85. The highest BCUT2D eigenvalue weighted by Gasteiger charge is 2.48. The van der Waals surface area contributed by atoms with Crippen molar-refractivity contribution in [3.05, 3.63) is 18.2 Å². The number of hydrogen-bond donors (Lipinski definition) is 1. The van der Waals surface area contributed by atoms with E-state index in [4.69, 9.17) is 0 Å². The number of carboxylic acid groups (broad SMARTS) is 1. The van der Waals surface area contributed by atoms with Crippen LogP contribution in [0.2, 0.25) is 0 Å². The van der Waals surface area contributed by atoms with Gasteiger partial charge in [0.2, 0.25) is 0 Å². The molecule has 1 N–H and O–H groups in total. The maximum absolute atomic E-state index is 12.2. The van der Waals surface area contributed by atoms with Gasteiger partial charge in [0.25, 0.3) is 5.91 Å². The molecule has 0 spiro atoms. The number of carbonyl (C=O) groups is 2. The van der Waals surface area contributed by atoms with Gasteiger partial charge in [-0.3, -0.25) is 9.59 Å². The number of rotatable bonds is 2. The molecule has 6 heteroatoms. The Morgan fingerprint density at radius 3 is 2.67 bits per heavy atom. The maximum atomic E-state index is 12.2. The average molecular weight is 251 g/mol. The number of carboxylic acids is 1. The highest BCUT2D eigenvalue weighted by Crippen LogP contribution is 2.36. The second kappa shape index (κ2) is 4.12. The van der Waals surface area contributed by atoms with Gasteiger partial charge in [0.1, 0.15) is 5.69 Å². The van der Waals surface area contributed by atoms with Gasteiger partial charge in [-0.1, -0.05) is 6.92 Å². The fourth-order valence-corrected chi connectivity index (χ4v) is 2.27. The van der Waals surface area contributed by atoms with Gasteiger partial charge in [-0.2, -0.15) is 0 Å². The topological polar surface area (TPSA) is 75.4 Å². The van der Waals surface area contributed by atoms with Gasteiger partial charge in [-0.05, 0) is 12.8 Å². The minimum atomic E-state index is -0.871. The summed E-state index contributed by atoms with van der Waals surface area (Å²) < 4.78 is 1.70. The number of nitrogens with zero attached hydrogens (tertiary/aromatic N) is 3. The summed E-state index contributed by atoms with van der Waals surface area (Å²) in [6.07, 6.45) is 3.20. The zero-order valence-corrected chi connectivity index (χ0v) is 10.8. The highest BCUT2D eigenvalue weighted by atomic mass is 16.4. The molecule has 98 valence electrons. The lowest BCUT2D eigenvalue weighted by atomic mass is 9.81. The maximum Gasteiger partial charge on any atom is 0.311 e. The van der Waals surface area contributed by atoms with Crippen LogP contribution in [0.25, 0.3) is 0 Å². The van der Waals surface area contributed by atoms with Crippen LogP contribution < -0.4 is 0 Å². The SMILES string of the molecule is C[C@@H]1CN(C(=O)c2cn(C)cn2)C[C@@]1(C)C(=O)O. The molecule has 0 saturated carbocycles. The fraction of sp³-hybridized carbons (Fsp3) is 0.583. The zero-order chi connectivity index (χ0) is 13.5. The largest absolute Gasteiger partial charge is 0.481 e. The van der Waals surface area contributed by atoms with Crippen LogP contribution in [0.4, 0.5) is 0 Å². The van der Waals surface area contributed by atoms with Crippen molar-refractivity contribution < 1.29 is 14.7 Å². The van der Waals surface area contributed by atoms with Crippen molar-refractivity contribution >= 4 is 11.9 Å². The predicted molar refractivity (Wildman–Crippen MR) is 64.0 cm³/mol. The number of likely N-dealkylation sites (tertiary alicyclic amines) is 1. The normalized spacial score (nSPS) is 27.5. The molecule has 1 saturated heterocycles. The van der Waals surface area contributed by atoms with Gasteiger partial charge < -0.3 is 14.6 Å². The summed E-state index contributed by atoms with van der Waals surface area (Å²) in [5.41, 5.74) is -0.510. The van der Waals surface area contributed by atoms with Crippen LogP contribution in [0.15, 0.2) is 12.5 Å². The van der Waals surface area contributed by atoms with Crippen LogP contribution in [0.3, 0.4) is 0 Å². The molecule has 2 rings (SSSR count). The number of carbonyl (C=O) groups excluding carboxylic acids is 1. The standard InChI is InChI=1S/C12H17N3O3/c1-8-4-15(6-12(8,2)11(17)18)10(16)9-5-14(3)7-13-9/h5,7-8H,4,6H2,1-3H3,(H,17,18)/t8-,12-/m1/s1. The van der Waals surface area contributed by atoms with Crippen molar-refractivity contribution in [2.45, 2.75) is 13.8 Å². The third-order valence-electron chi connectivity index (χ3n) is 3.80. The zero-order valence-electron chi connectivity index (χ0n) is 10.8. The molecule has 0 aliphatic carbocycles. The van der Waals surface area contributed by atoms with Crippen LogP contribution in [0.5, 0.6) is 0 Å². The third-order valence-corrected chi connectivity index (χ3v) is 3.80. The Labute approximate surface area is 105 Å². The van der Waals surface area contributed by atoms with Crippen LogP contribution in [0.1, 0.15) is 24.3 Å². The van der Waals surface area contributed by atoms with Crippen molar-refractivity contribution in [2.24, 2.45) is 18.4 Å². The number of amides is 1. The van der Waals surface area contributed by atoms with Gasteiger partial charge in [0.15, 0.2) is 0 Å². The number of aliphatic carboxylic acids is 1. The molecular formula is C12H17N3O3. The van der Waals surface area contributed by atoms with E-state index < -0.39 is 11.4 Å². The lowest BCUT2D eigenvalue weighted by Crippen LogP contribution is -2.36. The predicted octanol–water partition coefficient (Wildman–Crippen LogP) is 0.603. The Morgan fingerprint density at radius 1 is 1.56 bits per heavy atom. The first kappa shape index (κ1) is 12.6. The summed E-state index contributed by atoms with van der Waals surface area (Å²) in [4.78, 5) is 29.0. The first-order valence-electron chi connectivity index (χ1n) is 5.85. The molecule has 0 unspecified atom stereocenters. The Balaban J connectivity index is 2.18. The number of aryl methyl sites for hydroxylation is 1. The Kier molecular flexibility index (Phi) is 2.88. The highest BCUT2D eigenvalue weighted by molar-refractivity contribution is 5.93. The minimum absolute atomic E-state index is 0.0670. The number of aromatic nitrogens is 2. The van der Waals surface area contributed by atoms with E-state index in [0.717, 1.165) is 0 Å². The molecule has 0 radical (unpaired) electrons. The Hall–Kier alpha value is -1.85. The molecule has 0 bridgehead atoms. The summed E-state index contributed by atoms with van der Waals surface area (Å²) in [6.45, 7) is 4.24. The Bertz CT molecular complexity index is 497. The van der Waals surface area contributed by atoms with Crippen molar-refractivity contribution in [1.29, 1.82) is 0 Å². The van der Waals surface area contributed by atoms with Crippen molar-refractivity contribution in [1.82, 2.24) is 14.5 Å². The van der Waals surface area contributed by atoms with Crippen molar-refractivity contribution in [3.63, 3.8) is 0 Å². The van der Waals surface area contributed by atoms with Gasteiger partial charge in [0.05, 0.1) is 11.7 Å². The molecule has 1 amide bonds.